The number of carbonyl (C=O) groups excluding carboxylic acids is 1. The molecule has 0 radical (unpaired) electrons. The summed E-state index contributed by atoms with van der Waals surface area (Å²) in [6, 6.07) is 2.06. The van der Waals surface area contributed by atoms with Crippen molar-refractivity contribution in [2.75, 3.05) is 6.54 Å². The highest BCUT2D eigenvalue weighted by molar-refractivity contribution is 7.09. The summed E-state index contributed by atoms with van der Waals surface area (Å²) in [5, 5.41) is 10.2. The molecule has 2 aromatic rings. The highest BCUT2D eigenvalue weighted by Crippen LogP contribution is 2.39. The van der Waals surface area contributed by atoms with Crippen molar-refractivity contribution in [3.8, 4) is 0 Å². The minimum absolute atomic E-state index is 0.0332. The highest BCUT2D eigenvalue weighted by atomic mass is 32.1. The lowest BCUT2D eigenvalue weighted by atomic mass is 10.2. The van der Waals surface area contributed by atoms with Gasteiger partial charge in [0.15, 0.2) is 0 Å². The van der Waals surface area contributed by atoms with Crippen LogP contribution in [-0.2, 0) is 0 Å². The third-order valence-corrected chi connectivity index (χ3v) is 4.96. The molecule has 0 bridgehead atoms. The Morgan fingerprint density at radius 2 is 2.30 bits per heavy atom. The number of nitrogens with one attached hydrogen (secondary N) is 1. The Morgan fingerprint density at radius 1 is 1.40 bits per heavy atom. The number of H-pyrrole nitrogens is 1. The van der Waals surface area contributed by atoms with E-state index in [1.165, 1.54) is 12.8 Å². The molecule has 0 aromatic carbocycles. The van der Waals surface area contributed by atoms with Crippen LogP contribution in [0.4, 0.5) is 0 Å². The number of rotatable bonds is 3. The van der Waals surface area contributed by atoms with Gasteiger partial charge in [-0.3, -0.25) is 9.89 Å². The summed E-state index contributed by atoms with van der Waals surface area (Å²) in [5.74, 6) is 0.628. The molecule has 1 aliphatic carbocycles. The van der Waals surface area contributed by atoms with Crippen molar-refractivity contribution in [1.29, 1.82) is 0 Å². The van der Waals surface area contributed by atoms with E-state index < -0.39 is 0 Å². The first-order valence-electron chi connectivity index (χ1n) is 7.08. The molecule has 104 valence electrons. The zero-order chi connectivity index (χ0) is 13.5. The van der Waals surface area contributed by atoms with Crippen LogP contribution in [0.2, 0.25) is 0 Å². The summed E-state index contributed by atoms with van der Waals surface area (Å²) in [5.41, 5.74) is 1.66. The van der Waals surface area contributed by atoms with E-state index in [0.717, 1.165) is 30.1 Å². The fourth-order valence-corrected chi connectivity index (χ4v) is 3.65. The number of amides is 1. The standard InChI is InChI=1S/C14H16N4OS/c19-14(11-8-10(16-17-11)9-3-4-9)18-6-1-2-12(18)13-15-5-7-20-13/h5,7-9,12H,1-4,6H2,(H,16,17). The van der Waals surface area contributed by atoms with E-state index in [4.69, 9.17) is 0 Å². The van der Waals surface area contributed by atoms with E-state index in [2.05, 4.69) is 15.2 Å². The first kappa shape index (κ1) is 12.1. The Bertz CT molecular complexity index is 617. The molecule has 20 heavy (non-hydrogen) atoms. The molecule has 2 aliphatic rings. The Labute approximate surface area is 121 Å². The van der Waals surface area contributed by atoms with E-state index >= 15 is 0 Å². The van der Waals surface area contributed by atoms with Crippen LogP contribution < -0.4 is 0 Å². The van der Waals surface area contributed by atoms with E-state index in [1.54, 1.807) is 17.5 Å². The van der Waals surface area contributed by atoms with Crippen LogP contribution in [0.5, 0.6) is 0 Å². The second-order valence-corrected chi connectivity index (χ2v) is 6.44. The first-order valence-corrected chi connectivity index (χ1v) is 7.96. The second-order valence-electron chi connectivity index (χ2n) is 5.51. The van der Waals surface area contributed by atoms with Crippen molar-refractivity contribution in [1.82, 2.24) is 20.1 Å². The first-order chi connectivity index (χ1) is 9.83. The van der Waals surface area contributed by atoms with E-state index in [0.29, 0.717) is 11.6 Å². The van der Waals surface area contributed by atoms with Crippen molar-refractivity contribution in [3.63, 3.8) is 0 Å². The number of aromatic nitrogens is 3. The molecule has 4 rings (SSSR count). The fraction of sp³-hybridized carbons (Fsp3) is 0.500. The van der Waals surface area contributed by atoms with Crippen LogP contribution >= 0.6 is 11.3 Å². The largest absolute Gasteiger partial charge is 0.328 e. The lowest BCUT2D eigenvalue weighted by Gasteiger charge is -2.21. The van der Waals surface area contributed by atoms with Crippen LogP contribution in [0.25, 0.3) is 0 Å². The minimum Gasteiger partial charge on any atom is -0.328 e. The molecule has 2 aromatic heterocycles. The van der Waals surface area contributed by atoms with Crippen LogP contribution in [0, 0.1) is 0 Å². The molecule has 1 amide bonds. The summed E-state index contributed by atoms with van der Waals surface area (Å²) in [4.78, 5) is 18.9. The highest BCUT2D eigenvalue weighted by Gasteiger charge is 2.34. The SMILES string of the molecule is O=C(c1cc(C2CC2)[nH]n1)N1CCCC1c1nccs1. The summed E-state index contributed by atoms with van der Waals surface area (Å²) in [6.45, 7) is 0.800. The van der Waals surface area contributed by atoms with Crippen molar-refractivity contribution in [2.45, 2.75) is 37.6 Å². The van der Waals surface area contributed by atoms with Gasteiger partial charge in [0.25, 0.3) is 5.91 Å². The van der Waals surface area contributed by atoms with Crippen molar-refractivity contribution in [2.24, 2.45) is 0 Å². The predicted octanol–water partition coefficient (Wildman–Crippen LogP) is 2.72. The summed E-state index contributed by atoms with van der Waals surface area (Å²) in [6.07, 6.45) is 6.26. The van der Waals surface area contributed by atoms with Gasteiger partial charge in [0.1, 0.15) is 10.7 Å². The maximum atomic E-state index is 12.6. The number of hydrogen-bond acceptors (Lipinski definition) is 4. The van der Waals surface area contributed by atoms with Crippen molar-refractivity contribution < 1.29 is 4.79 Å². The molecular formula is C14H16N4OS. The van der Waals surface area contributed by atoms with Crippen molar-refractivity contribution in [3.05, 3.63) is 34.0 Å². The Balaban J connectivity index is 1.57. The Morgan fingerprint density at radius 3 is 3.05 bits per heavy atom. The lowest BCUT2D eigenvalue weighted by molar-refractivity contribution is 0.0729. The van der Waals surface area contributed by atoms with Gasteiger partial charge < -0.3 is 4.90 Å². The summed E-state index contributed by atoms with van der Waals surface area (Å²) in [7, 11) is 0. The number of nitrogens with zero attached hydrogens (tertiary/aromatic N) is 3. The minimum atomic E-state index is 0.0332. The summed E-state index contributed by atoms with van der Waals surface area (Å²) >= 11 is 1.62. The molecule has 1 atom stereocenters. The van der Waals surface area contributed by atoms with E-state index in [-0.39, 0.29) is 11.9 Å². The maximum absolute atomic E-state index is 12.6. The van der Waals surface area contributed by atoms with Gasteiger partial charge in [-0.05, 0) is 31.7 Å². The zero-order valence-corrected chi connectivity index (χ0v) is 11.9. The predicted molar refractivity (Wildman–Crippen MR) is 75.7 cm³/mol. The molecule has 6 heteroatoms. The van der Waals surface area contributed by atoms with Gasteiger partial charge >= 0.3 is 0 Å². The third kappa shape index (κ3) is 2.04. The van der Waals surface area contributed by atoms with Gasteiger partial charge in [-0.25, -0.2) is 4.98 Å². The third-order valence-electron chi connectivity index (χ3n) is 4.08. The van der Waals surface area contributed by atoms with Crippen LogP contribution in [0.1, 0.15) is 58.8 Å². The van der Waals surface area contributed by atoms with Crippen LogP contribution in [0.15, 0.2) is 17.6 Å². The normalized spacial score (nSPS) is 22.4. The number of hydrogen-bond donors (Lipinski definition) is 1. The van der Waals surface area contributed by atoms with E-state index in [1.807, 2.05) is 16.3 Å². The Hall–Kier alpha value is -1.69. The van der Waals surface area contributed by atoms with Gasteiger partial charge in [-0.1, -0.05) is 0 Å². The Kier molecular flexibility index (Phi) is 2.84. The fourth-order valence-electron chi connectivity index (χ4n) is 2.86. The molecule has 1 aliphatic heterocycles. The lowest BCUT2D eigenvalue weighted by Crippen LogP contribution is -2.30. The quantitative estimate of drug-likeness (QED) is 0.944. The molecule has 1 saturated heterocycles. The van der Waals surface area contributed by atoms with Gasteiger partial charge in [-0.2, -0.15) is 5.10 Å². The molecule has 1 N–H and O–H groups in total. The molecule has 0 spiro atoms. The molecule has 2 fully saturated rings. The van der Waals surface area contributed by atoms with E-state index in [9.17, 15) is 4.79 Å². The molecular weight excluding hydrogens is 272 g/mol. The number of carbonyl (C=O) groups is 1. The number of aromatic amines is 1. The van der Waals surface area contributed by atoms with Gasteiger partial charge in [0.05, 0.1) is 6.04 Å². The molecule has 1 unspecified atom stereocenters. The number of likely N-dealkylation sites (tertiary alicyclic amines) is 1. The number of thiazole rings is 1. The average molecular weight is 288 g/mol. The van der Waals surface area contributed by atoms with Gasteiger partial charge in [0.2, 0.25) is 0 Å². The van der Waals surface area contributed by atoms with Crippen molar-refractivity contribution >= 4 is 17.2 Å². The second kappa shape index (κ2) is 4.70. The molecule has 1 saturated carbocycles. The monoisotopic (exact) mass is 288 g/mol. The molecule has 5 nitrogen and oxygen atoms in total. The molecule has 3 heterocycles. The smallest absolute Gasteiger partial charge is 0.274 e. The van der Waals surface area contributed by atoms with Crippen LogP contribution in [-0.4, -0.2) is 32.5 Å². The van der Waals surface area contributed by atoms with Crippen LogP contribution in [0.3, 0.4) is 0 Å². The maximum Gasteiger partial charge on any atom is 0.274 e. The zero-order valence-electron chi connectivity index (χ0n) is 11.1. The summed E-state index contributed by atoms with van der Waals surface area (Å²) < 4.78 is 0. The average Bonchev–Trinajstić information content (AvgIpc) is 2.96. The topological polar surface area (TPSA) is 61.9 Å². The van der Waals surface area contributed by atoms with Gasteiger partial charge in [-0.15, -0.1) is 11.3 Å². The van der Waals surface area contributed by atoms with Gasteiger partial charge in [0, 0.05) is 29.7 Å².